The van der Waals surface area contributed by atoms with Crippen molar-refractivity contribution < 1.29 is 18.0 Å². The molecule has 0 saturated carbocycles. The molecule has 5 heteroatoms. The van der Waals surface area contributed by atoms with Crippen LogP contribution in [-0.2, 0) is 4.84 Å². The van der Waals surface area contributed by atoms with E-state index in [1.54, 1.807) is 0 Å². The third kappa shape index (κ3) is 2.24. The number of benzene rings is 1. The lowest BCUT2D eigenvalue weighted by molar-refractivity contribution is 0.125. The molecule has 0 fully saturated rings. The van der Waals surface area contributed by atoms with Crippen LogP contribution in [0.15, 0.2) is 12.1 Å². The zero-order valence-electron chi connectivity index (χ0n) is 7.56. The Morgan fingerprint density at radius 2 is 1.79 bits per heavy atom. The van der Waals surface area contributed by atoms with E-state index in [2.05, 4.69) is 4.84 Å². The standard InChI is InChI=1S/C9H10F3NO/c1-5(4-14-13)9-7(11)2-6(10)3-8(9)12/h2-3,5H,4,13H2,1H3. The molecular weight excluding hydrogens is 195 g/mol. The highest BCUT2D eigenvalue weighted by Gasteiger charge is 2.17. The van der Waals surface area contributed by atoms with E-state index in [9.17, 15) is 13.2 Å². The van der Waals surface area contributed by atoms with Gasteiger partial charge in [0, 0.05) is 23.6 Å². The Hall–Kier alpha value is -1.07. The Bertz CT molecular complexity index is 307. The van der Waals surface area contributed by atoms with Gasteiger partial charge in [-0.3, -0.25) is 0 Å². The molecule has 2 N–H and O–H groups in total. The van der Waals surface area contributed by atoms with Crippen LogP contribution in [0, 0.1) is 17.5 Å². The number of hydrogen-bond donors (Lipinski definition) is 1. The van der Waals surface area contributed by atoms with E-state index in [1.165, 1.54) is 6.92 Å². The highest BCUT2D eigenvalue weighted by molar-refractivity contribution is 5.24. The molecule has 0 spiro atoms. The Balaban J connectivity index is 3.07. The van der Waals surface area contributed by atoms with Crippen molar-refractivity contribution in [1.82, 2.24) is 0 Å². The van der Waals surface area contributed by atoms with Crippen LogP contribution in [0.2, 0.25) is 0 Å². The van der Waals surface area contributed by atoms with Gasteiger partial charge < -0.3 is 4.84 Å². The van der Waals surface area contributed by atoms with Gasteiger partial charge in [-0.05, 0) is 0 Å². The Labute approximate surface area is 79.4 Å². The summed E-state index contributed by atoms with van der Waals surface area (Å²) in [5.41, 5.74) is -0.211. The van der Waals surface area contributed by atoms with Crippen LogP contribution in [0.3, 0.4) is 0 Å². The molecule has 14 heavy (non-hydrogen) atoms. The highest BCUT2D eigenvalue weighted by atomic mass is 19.1. The lowest BCUT2D eigenvalue weighted by Gasteiger charge is -2.12. The number of rotatable bonds is 3. The number of halogens is 3. The van der Waals surface area contributed by atoms with E-state index < -0.39 is 23.4 Å². The summed E-state index contributed by atoms with van der Waals surface area (Å²) < 4.78 is 38.7. The van der Waals surface area contributed by atoms with Crippen LogP contribution in [0.4, 0.5) is 13.2 Å². The fourth-order valence-electron chi connectivity index (χ4n) is 1.25. The number of nitrogens with two attached hydrogens (primary N) is 1. The van der Waals surface area contributed by atoms with E-state index in [0.717, 1.165) is 0 Å². The molecule has 0 aliphatic heterocycles. The molecule has 0 bridgehead atoms. The predicted molar refractivity (Wildman–Crippen MR) is 44.9 cm³/mol. The van der Waals surface area contributed by atoms with E-state index in [1.807, 2.05) is 0 Å². The first-order chi connectivity index (χ1) is 6.56. The van der Waals surface area contributed by atoms with Crippen molar-refractivity contribution in [3.63, 3.8) is 0 Å². The second-order valence-electron chi connectivity index (χ2n) is 3.02. The SMILES string of the molecule is CC(CON)c1c(F)cc(F)cc1F. The topological polar surface area (TPSA) is 35.2 Å². The third-order valence-electron chi connectivity index (χ3n) is 1.88. The van der Waals surface area contributed by atoms with Crippen molar-refractivity contribution >= 4 is 0 Å². The van der Waals surface area contributed by atoms with Gasteiger partial charge in [0.05, 0.1) is 6.61 Å². The summed E-state index contributed by atoms with van der Waals surface area (Å²) in [7, 11) is 0. The van der Waals surface area contributed by atoms with Gasteiger partial charge in [0.15, 0.2) is 0 Å². The average Bonchev–Trinajstić information content (AvgIpc) is 2.01. The van der Waals surface area contributed by atoms with Crippen molar-refractivity contribution in [2.24, 2.45) is 5.90 Å². The molecule has 0 aliphatic rings. The van der Waals surface area contributed by atoms with Crippen molar-refractivity contribution in [3.05, 3.63) is 35.1 Å². The average molecular weight is 205 g/mol. The lowest BCUT2D eigenvalue weighted by Crippen LogP contribution is -2.12. The minimum atomic E-state index is -0.940. The first kappa shape index (κ1) is 11.0. The molecule has 0 aliphatic carbocycles. The lowest BCUT2D eigenvalue weighted by atomic mass is 10.0. The van der Waals surface area contributed by atoms with Gasteiger partial charge in [0.25, 0.3) is 0 Å². The highest BCUT2D eigenvalue weighted by Crippen LogP contribution is 2.23. The summed E-state index contributed by atoms with van der Waals surface area (Å²) in [5.74, 6) is 1.43. The first-order valence-corrected chi connectivity index (χ1v) is 4.02. The molecule has 0 saturated heterocycles. The zero-order chi connectivity index (χ0) is 10.7. The fourth-order valence-corrected chi connectivity index (χ4v) is 1.25. The summed E-state index contributed by atoms with van der Waals surface area (Å²) >= 11 is 0. The van der Waals surface area contributed by atoms with Crippen molar-refractivity contribution in [3.8, 4) is 0 Å². The van der Waals surface area contributed by atoms with Gasteiger partial charge in [-0.2, -0.15) is 0 Å². The predicted octanol–water partition coefficient (Wildman–Crippen LogP) is 2.10. The van der Waals surface area contributed by atoms with E-state index in [-0.39, 0.29) is 12.2 Å². The van der Waals surface area contributed by atoms with Crippen molar-refractivity contribution in [2.45, 2.75) is 12.8 Å². The number of hydrogen-bond acceptors (Lipinski definition) is 2. The van der Waals surface area contributed by atoms with Gasteiger partial charge in [0.2, 0.25) is 0 Å². The summed E-state index contributed by atoms with van der Waals surface area (Å²) in [4.78, 5) is 4.27. The Morgan fingerprint density at radius 3 is 2.21 bits per heavy atom. The van der Waals surface area contributed by atoms with Gasteiger partial charge in [-0.1, -0.05) is 6.92 Å². The van der Waals surface area contributed by atoms with Gasteiger partial charge in [0.1, 0.15) is 17.5 Å². The van der Waals surface area contributed by atoms with Crippen LogP contribution < -0.4 is 5.90 Å². The summed E-state index contributed by atoms with van der Waals surface area (Å²) in [6, 6.07) is 1.26. The second-order valence-corrected chi connectivity index (χ2v) is 3.02. The summed E-state index contributed by atoms with van der Waals surface area (Å²) in [6.45, 7) is 1.51. The van der Waals surface area contributed by atoms with Crippen molar-refractivity contribution in [2.75, 3.05) is 6.61 Å². The molecule has 2 nitrogen and oxygen atoms in total. The molecule has 0 aromatic heterocycles. The molecular formula is C9H10F3NO. The zero-order valence-corrected chi connectivity index (χ0v) is 7.56. The van der Waals surface area contributed by atoms with Gasteiger partial charge in [-0.25, -0.2) is 19.1 Å². The minimum Gasteiger partial charge on any atom is -0.304 e. The molecule has 1 aromatic rings. The maximum atomic E-state index is 13.1. The molecule has 78 valence electrons. The monoisotopic (exact) mass is 205 g/mol. The van der Waals surface area contributed by atoms with Gasteiger partial charge >= 0.3 is 0 Å². The van der Waals surface area contributed by atoms with Crippen LogP contribution in [-0.4, -0.2) is 6.61 Å². The molecule has 1 aromatic carbocycles. The molecule has 1 rings (SSSR count). The molecule has 1 unspecified atom stereocenters. The molecule has 1 atom stereocenters. The Kier molecular flexibility index (Phi) is 3.49. The smallest absolute Gasteiger partial charge is 0.132 e. The van der Waals surface area contributed by atoms with E-state index >= 15 is 0 Å². The maximum Gasteiger partial charge on any atom is 0.132 e. The van der Waals surface area contributed by atoms with Crippen LogP contribution in [0.5, 0.6) is 0 Å². The largest absolute Gasteiger partial charge is 0.304 e. The van der Waals surface area contributed by atoms with Crippen molar-refractivity contribution in [1.29, 1.82) is 0 Å². The van der Waals surface area contributed by atoms with Gasteiger partial charge in [-0.15, -0.1) is 0 Å². The van der Waals surface area contributed by atoms with Crippen LogP contribution in [0.25, 0.3) is 0 Å². The first-order valence-electron chi connectivity index (χ1n) is 4.02. The summed E-state index contributed by atoms with van der Waals surface area (Å²) in [5, 5.41) is 0. The quantitative estimate of drug-likeness (QED) is 0.767. The minimum absolute atomic E-state index is 0.0283. The van der Waals surface area contributed by atoms with E-state index in [0.29, 0.717) is 12.1 Å². The fraction of sp³-hybridized carbons (Fsp3) is 0.333. The normalized spacial score (nSPS) is 12.9. The molecule has 0 heterocycles. The third-order valence-corrected chi connectivity index (χ3v) is 1.88. The van der Waals surface area contributed by atoms with Crippen LogP contribution in [0.1, 0.15) is 18.4 Å². The van der Waals surface area contributed by atoms with Crippen LogP contribution >= 0.6 is 0 Å². The maximum absolute atomic E-state index is 13.1. The Morgan fingerprint density at radius 1 is 1.29 bits per heavy atom. The molecule has 0 amide bonds. The summed E-state index contributed by atoms with van der Waals surface area (Å²) in [6.07, 6.45) is 0. The molecule has 0 radical (unpaired) electrons. The van der Waals surface area contributed by atoms with E-state index in [4.69, 9.17) is 5.90 Å². The second kappa shape index (κ2) is 4.43.